The van der Waals surface area contributed by atoms with Gasteiger partial charge in [-0.3, -0.25) is 0 Å². The Morgan fingerprint density at radius 1 is 1.20 bits per heavy atom. The van der Waals surface area contributed by atoms with E-state index in [1.54, 1.807) is 5.57 Å². The molecule has 0 radical (unpaired) electrons. The van der Waals surface area contributed by atoms with Crippen molar-refractivity contribution >= 4 is 0 Å². The summed E-state index contributed by atoms with van der Waals surface area (Å²) in [5, 5.41) is 19.6. The largest absolute Gasteiger partial charge is 0.494 e. The zero-order valence-corrected chi connectivity index (χ0v) is 19.5. The smallest absolute Gasteiger partial charge is 0.106 e. The summed E-state index contributed by atoms with van der Waals surface area (Å²) in [5.74, 6) is 4.52. The number of ether oxygens (including phenoxy) is 1. The number of hydrogen-bond acceptors (Lipinski definition) is 3. The van der Waals surface area contributed by atoms with Crippen molar-refractivity contribution in [2.45, 2.75) is 97.7 Å². The molecular formula is C27H42O3. The van der Waals surface area contributed by atoms with Gasteiger partial charge in [-0.15, -0.1) is 0 Å². The van der Waals surface area contributed by atoms with Crippen molar-refractivity contribution < 1.29 is 14.9 Å². The molecule has 3 nitrogen and oxygen atoms in total. The Kier molecular flexibility index (Phi) is 5.18. The zero-order valence-electron chi connectivity index (χ0n) is 19.5. The molecule has 1 aliphatic heterocycles. The first-order valence-electron chi connectivity index (χ1n) is 12.6. The Bertz CT molecular complexity index is 753. The van der Waals surface area contributed by atoms with E-state index in [0.29, 0.717) is 28.8 Å². The number of fused-ring (bicyclic) bond motifs is 7. The highest BCUT2D eigenvalue weighted by Crippen LogP contribution is 2.68. The summed E-state index contributed by atoms with van der Waals surface area (Å²) in [6.45, 7) is 9.83. The summed E-state index contributed by atoms with van der Waals surface area (Å²) in [6.07, 6.45) is 13.0. The Labute approximate surface area is 183 Å². The monoisotopic (exact) mass is 414 g/mol. The first-order chi connectivity index (χ1) is 14.3. The molecule has 4 aliphatic carbocycles. The quantitative estimate of drug-likeness (QED) is 0.587. The molecule has 0 spiro atoms. The molecule has 0 unspecified atom stereocenters. The van der Waals surface area contributed by atoms with E-state index in [9.17, 15) is 10.2 Å². The van der Waals surface area contributed by atoms with Crippen LogP contribution in [0, 0.1) is 40.4 Å². The third-order valence-corrected chi connectivity index (χ3v) is 10.5. The van der Waals surface area contributed by atoms with Gasteiger partial charge in [0.1, 0.15) is 6.10 Å². The molecule has 5 aliphatic rings. The van der Waals surface area contributed by atoms with Gasteiger partial charge in [-0.25, -0.2) is 0 Å². The molecule has 168 valence electrons. The topological polar surface area (TPSA) is 49.7 Å². The minimum atomic E-state index is -0.117. The maximum absolute atomic E-state index is 10.2. The fourth-order valence-corrected chi connectivity index (χ4v) is 8.69. The zero-order chi connectivity index (χ0) is 21.3. The van der Waals surface area contributed by atoms with Gasteiger partial charge in [-0.2, -0.15) is 0 Å². The Morgan fingerprint density at radius 3 is 2.77 bits per heavy atom. The normalized spacial score (nSPS) is 48.3. The van der Waals surface area contributed by atoms with Crippen LogP contribution in [0.4, 0.5) is 0 Å². The molecule has 30 heavy (non-hydrogen) atoms. The lowest BCUT2D eigenvalue weighted by molar-refractivity contribution is -0.0454. The van der Waals surface area contributed by atoms with Gasteiger partial charge in [-0.1, -0.05) is 32.4 Å². The maximum Gasteiger partial charge on any atom is 0.106 e. The van der Waals surface area contributed by atoms with Crippen LogP contribution in [0.15, 0.2) is 23.0 Å². The molecule has 0 saturated heterocycles. The van der Waals surface area contributed by atoms with Crippen LogP contribution in [0.25, 0.3) is 0 Å². The van der Waals surface area contributed by atoms with Crippen LogP contribution in [0.5, 0.6) is 0 Å². The van der Waals surface area contributed by atoms with Gasteiger partial charge in [0.25, 0.3) is 0 Å². The van der Waals surface area contributed by atoms with Gasteiger partial charge >= 0.3 is 0 Å². The van der Waals surface area contributed by atoms with Crippen molar-refractivity contribution in [1.82, 2.24) is 0 Å². The SMILES string of the molecule is CC1=C(CC[C@@H](C)CO)O[C@H]2C[C@H]3[C@@H]4CC=C5C[C@H](O)CC[C@]5(C)[C@H]4CC[C@]3(C)[C@@H]12. The summed E-state index contributed by atoms with van der Waals surface area (Å²) < 4.78 is 6.62. The van der Waals surface area contributed by atoms with Crippen molar-refractivity contribution in [1.29, 1.82) is 0 Å². The highest BCUT2D eigenvalue weighted by atomic mass is 16.5. The van der Waals surface area contributed by atoms with Crippen molar-refractivity contribution in [3.05, 3.63) is 23.0 Å². The molecule has 0 bridgehead atoms. The van der Waals surface area contributed by atoms with Gasteiger partial charge in [0.2, 0.25) is 0 Å². The van der Waals surface area contributed by atoms with E-state index in [1.807, 2.05) is 0 Å². The number of aliphatic hydroxyl groups excluding tert-OH is 2. The molecule has 5 rings (SSSR count). The van der Waals surface area contributed by atoms with E-state index in [4.69, 9.17) is 4.74 Å². The number of hydrogen-bond donors (Lipinski definition) is 2. The summed E-state index contributed by atoms with van der Waals surface area (Å²) >= 11 is 0. The van der Waals surface area contributed by atoms with E-state index in [-0.39, 0.29) is 12.7 Å². The molecule has 9 atom stereocenters. The van der Waals surface area contributed by atoms with Gasteiger partial charge in [0.15, 0.2) is 0 Å². The lowest BCUT2D eigenvalue weighted by Gasteiger charge is -2.57. The number of aliphatic hydroxyl groups is 2. The van der Waals surface area contributed by atoms with E-state index < -0.39 is 0 Å². The fraction of sp³-hybridized carbons (Fsp3) is 0.852. The standard InChI is InChI=1S/C27H42O3/c1-16(15-28)5-8-23-17(2)25-24(30-23)14-22-20-7-6-18-13-19(29)9-11-26(18,3)21(20)10-12-27(22,25)4/h6,16,19-22,24-25,28-29H,5,7-15H2,1-4H3/t16-,19-,20-,21+,22+,24+,25+,26+,27+/m1/s1. The van der Waals surface area contributed by atoms with Gasteiger partial charge in [0, 0.05) is 18.9 Å². The van der Waals surface area contributed by atoms with E-state index in [1.165, 1.54) is 43.4 Å². The van der Waals surface area contributed by atoms with Gasteiger partial charge in [-0.05, 0) is 98.4 Å². The average molecular weight is 415 g/mol. The van der Waals surface area contributed by atoms with Crippen LogP contribution in [0.3, 0.4) is 0 Å². The fourth-order valence-electron chi connectivity index (χ4n) is 8.69. The highest BCUT2D eigenvalue weighted by Gasteiger charge is 2.63. The minimum absolute atomic E-state index is 0.117. The van der Waals surface area contributed by atoms with Crippen LogP contribution in [-0.2, 0) is 4.74 Å². The third kappa shape index (κ3) is 2.98. The predicted octanol–water partition coefficient (Wildman–Crippen LogP) is 5.62. The molecule has 0 aromatic carbocycles. The number of allylic oxidation sites excluding steroid dienone is 2. The van der Waals surface area contributed by atoms with Gasteiger partial charge in [0.05, 0.1) is 11.9 Å². The molecule has 3 saturated carbocycles. The molecule has 3 heteroatoms. The van der Waals surface area contributed by atoms with Crippen molar-refractivity contribution in [3.8, 4) is 0 Å². The maximum atomic E-state index is 10.2. The average Bonchev–Trinajstić information content (AvgIpc) is 3.20. The molecule has 3 fully saturated rings. The molecule has 1 heterocycles. The second-order valence-electron chi connectivity index (χ2n) is 12.0. The van der Waals surface area contributed by atoms with E-state index in [2.05, 4.69) is 33.8 Å². The Balaban J connectivity index is 1.38. The lowest BCUT2D eigenvalue weighted by atomic mass is 9.47. The van der Waals surface area contributed by atoms with E-state index in [0.717, 1.165) is 43.4 Å². The molecule has 2 N–H and O–H groups in total. The Morgan fingerprint density at radius 2 is 2.00 bits per heavy atom. The minimum Gasteiger partial charge on any atom is -0.494 e. The molecule has 0 aromatic rings. The van der Waals surface area contributed by atoms with Crippen molar-refractivity contribution in [2.24, 2.45) is 40.4 Å². The summed E-state index contributed by atoms with van der Waals surface area (Å²) in [7, 11) is 0. The lowest BCUT2D eigenvalue weighted by Crippen LogP contribution is -2.50. The van der Waals surface area contributed by atoms with Crippen LogP contribution < -0.4 is 0 Å². The van der Waals surface area contributed by atoms with Crippen LogP contribution in [0.1, 0.15) is 85.5 Å². The highest BCUT2D eigenvalue weighted by molar-refractivity contribution is 5.30. The summed E-state index contributed by atoms with van der Waals surface area (Å²) in [4.78, 5) is 0. The van der Waals surface area contributed by atoms with Crippen molar-refractivity contribution in [3.63, 3.8) is 0 Å². The van der Waals surface area contributed by atoms with Crippen LogP contribution >= 0.6 is 0 Å². The summed E-state index contributed by atoms with van der Waals surface area (Å²) in [5.41, 5.74) is 3.78. The van der Waals surface area contributed by atoms with E-state index >= 15 is 0 Å². The Hall–Kier alpha value is -0.800. The first-order valence-corrected chi connectivity index (χ1v) is 12.6. The van der Waals surface area contributed by atoms with Crippen molar-refractivity contribution in [2.75, 3.05) is 6.61 Å². The van der Waals surface area contributed by atoms with Crippen LogP contribution in [0.2, 0.25) is 0 Å². The third-order valence-electron chi connectivity index (χ3n) is 10.5. The molecule has 0 aromatic heterocycles. The van der Waals surface area contributed by atoms with Gasteiger partial charge < -0.3 is 14.9 Å². The predicted molar refractivity (Wildman–Crippen MR) is 120 cm³/mol. The number of rotatable bonds is 4. The molecular weight excluding hydrogens is 372 g/mol. The van der Waals surface area contributed by atoms with Crippen LogP contribution in [-0.4, -0.2) is 29.0 Å². The first kappa shape index (κ1) is 21.1. The summed E-state index contributed by atoms with van der Waals surface area (Å²) in [6, 6.07) is 0. The second kappa shape index (κ2) is 7.37. The molecule has 0 amide bonds. The second-order valence-corrected chi connectivity index (χ2v) is 12.0.